The molecule has 1 fully saturated rings. The lowest BCUT2D eigenvalue weighted by atomic mass is 10.0. The van der Waals surface area contributed by atoms with Gasteiger partial charge in [0.2, 0.25) is 5.91 Å². The van der Waals surface area contributed by atoms with Gasteiger partial charge in [0.05, 0.1) is 10.2 Å². The predicted molar refractivity (Wildman–Crippen MR) is 119 cm³/mol. The van der Waals surface area contributed by atoms with E-state index in [1.54, 1.807) is 6.07 Å². The van der Waals surface area contributed by atoms with Crippen LogP contribution in [-0.4, -0.2) is 56.9 Å². The Balaban J connectivity index is 1.52. The number of benzene rings is 1. The molecule has 1 atom stereocenters. The van der Waals surface area contributed by atoms with Gasteiger partial charge in [0.15, 0.2) is 5.13 Å². The number of rotatable bonds is 5. The number of amides is 2. The third kappa shape index (κ3) is 4.33. The van der Waals surface area contributed by atoms with E-state index >= 15 is 0 Å². The van der Waals surface area contributed by atoms with E-state index in [9.17, 15) is 9.59 Å². The number of thiazole rings is 1. The summed E-state index contributed by atoms with van der Waals surface area (Å²) in [6.07, 6.45) is 3.90. The molecule has 3 aromatic rings. The molecule has 4 rings (SSSR count). The largest absolute Gasteiger partial charge is 0.340 e. The summed E-state index contributed by atoms with van der Waals surface area (Å²) in [6, 6.07) is 8.88. The van der Waals surface area contributed by atoms with Crippen LogP contribution in [0.4, 0.5) is 0 Å². The smallest absolute Gasteiger partial charge is 0.251 e. The highest BCUT2D eigenvalue weighted by Gasteiger charge is 2.29. The molecule has 152 valence electrons. The molecule has 1 aliphatic rings. The van der Waals surface area contributed by atoms with Crippen LogP contribution < -0.4 is 5.32 Å². The topological polar surface area (TPSA) is 67.2 Å². The lowest BCUT2D eigenvalue weighted by Crippen LogP contribution is -2.53. The average molecular weight is 429 g/mol. The van der Waals surface area contributed by atoms with Gasteiger partial charge in [-0.3, -0.25) is 9.59 Å². The van der Waals surface area contributed by atoms with Crippen molar-refractivity contribution in [1.82, 2.24) is 19.8 Å². The Hall–Kier alpha value is -2.32. The van der Waals surface area contributed by atoms with Gasteiger partial charge in [0, 0.05) is 42.6 Å². The van der Waals surface area contributed by atoms with Crippen molar-refractivity contribution in [2.24, 2.45) is 5.92 Å². The third-order valence-corrected chi connectivity index (χ3v) is 6.98. The van der Waals surface area contributed by atoms with Crippen LogP contribution in [0, 0.1) is 5.92 Å². The molecule has 3 heterocycles. The summed E-state index contributed by atoms with van der Waals surface area (Å²) in [6.45, 7) is 5.43. The van der Waals surface area contributed by atoms with Gasteiger partial charge < -0.3 is 14.8 Å². The third-order valence-electron chi connectivity index (χ3n) is 5.01. The van der Waals surface area contributed by atoms with Crippen LogP contribution in [0.2, 0.25) is 0 Å². The Kier molecular flexibility index (Phi) is 5.91. The van der Waals surface area contributed by atoms with Crippen LogP contribution in [0.25, 0.3) is 15.3 Å². The number of carbonyl (C=O) groups excluding carboxylic acids is 2. The molecule has 0 spiro atoms. The van der Waals surface area contributed by atoms with Crippen LogP contribution in [0.15, 0.2) is 42.7 Å². The summed E-state index contributed by atoms with van der Waals surface area (Å²) in [5.41, 5.74) is 1.41. The van der Waals surface area contributed by atoms with Crippen molar-refractivity contribution in [3.63, 3.8) is 0 Å². The molecule has 0 bridgehead atoms. The van der Waals surface area contributed by atoms with Gasteiger partial charge in [-0.2, -0.15) is 11.8 Å². The monoisotopic (exact) mass is 428 g/mol. The summed E-state index contributed by atoms with van der Waals surface area (Å²) in [5.74, 6) is 1.73. The molecule has 6 nitrogen and oxygen atoms in total. The van der Waals surface area contributed by atoms with Gasteiger partial charge in [0.25, 0.3) is 5.91 Å². The Morgan fingerprint density at radius 1 is 1.14 bits per heavy atom. The highest BCUT2D eigenvalue weighted by molar-refractivity contribution is 7.99. The van der Waals surface area contributed by atoms with Crippen molar-refractivity contribution < 1.29 is 9.59 Å². The summed E-state index contributed by atoms with van der Waals surface area (Å²) in [4.78, 5) is 32.4. The fourth-order valence-corrected chi connectivity index (χ4v) is 5.22. The molecule has 1 N–H and O–H groups in total. The van der Waals surface area contributed by atoms with E-state index in [2.05, 4.69) is 10.3 Å². The Morgan fingerprint density at radius 3 is 2.55 bits per heavy atom. The standard InChI is InChI=1S/C21H24N4O2S2/c1-14(2)18(20(27)24-9-11-28-12-10-24)23-19(26)15-5-6-16-17(13-15)29-21(22-16)25-7-3-4-8-25/h3-8,13-14,18H,9-12H2,1-2H3,(H,23,26)/t18-/m1/s1. The van der Waals surface area contributed by atoms with E-state index in [0.29, 0.717) is 5.56 Å². The van der Waals surface area contributed by atoms with Crippen LogP contribution in [0.3, 0.4) is 0 Å². The number of carbonyl (C=O) groups is 2. The number of nitrogens with one attached hydrogen (secondary N) is 1. The highest BCUT2D eigenvalue weighted by atomic mass is 32.2. The van der Waals surface area contributed by atoms with Crippen molar-refractivity contribution in [2.45, 2.75) is 19.9 Å². The van der Waals surface area contributed by atoms with Crippen LogP contribution >= 0.6 is 23.1 Å². The Bertz CT molecular complexity index is 1010. The van der Waals surface area contributed by atoms with Crippen molar-refractivity contribution >= 4 is 45.1 Å². The zero-order valence-electron chi connectivity index (χ0n) is 16.5. The van der Waals surface area contributed by atoms with Gasteiger partial charge in [-0.15, -0.1) is 0 Å². The summed E-state index contributed by atoms with van der Waals surface area (Å²) in [7, 11) is 0. The Labute approximate surface area is 178 Å². The fourth-order valence-electron chi connectivity index (χ4n) is 3.34. The minimum atomic E-state index is -0.516. The predicted octanol–water partition coefficient (Wildman–Crippen LogP) is 3.42. The Morgan fingerprint density at radius 2 is 1.86 bits per heavy atom. The molecule has 0 radical (unpaired) electrons. The number of hydrogen-bond donors (Lipinski definition) is 1. The maximum absolute atomic E-state index is 12.9. The lowest BCUT2D eigenvalue weighted by molar-refractivity contribution is -0.133. The first-order chi connectivity index (χ1) is 14.0. The minimum Gasteiger partial charge on any atom is -0.340 e. The van der Waals surface area contributed by atoms with E-state index in [1.165, 1.54) is 11.3 Å². The molecule has 8 heteroatoms. The maximum atomic E-state index is 12.9. The highest BCUT2D eigenvalue weighted by Crippen LogP contribution is 2.26. The van der Waals surface area contributed by atoms with Crippen molar-refractivity contribution in [2.75, 3.05) is 24.6 Å². The molecule has 2 amide bonds. The number of nitrogens with zero attached hydrogens (tertiary/aromatic N) is 3. The van der Waals surface area contributed by atoms with Crippen molar-refractivity contribution in [3.8, 4) is 5.13 Å². The number of fused-ring (bicyclic) bond motifs is 1. The quantitative estimate of drug-likeness (QED) is 0.676. The summed E-state index contributed by atoms with van der Waals surface area (Å²) in [5, 5.41) is 3.83. The zero-order valence-corrected chi connectivity index (χ0v) is 18.1. The molecule has 2 aromatic heterocycles. The molecule has 1 aliphatic heterocycles. The van der Waals surface area contributed by atoms with E-state index in [0.717, 1.165) is 39.9 Å². The molecule has 0 saturated carbocycles. The minimum absolute atomic E-state index is 0.0161. The second-order valence-electron chi connectivity index (χ2n) is 7.40. The average Bonchev–Trinajstić information content (AvgIpc) is 3.40. The van der Waals surface area contributed by atoms with Gasteiger partial charge in [-0.05, 0) is 36.2 Å². The number of hydrogen-bond acceptors (Lipinski definition) is 5. The number of thioether (sulfide) groups is 1. The van der Waals surface area contributed by atoms with Gasteiger partial charge in [0.1, 0.15) is 6.04 Å². The zero-order chi connectivity index (χ0) is 20.4. The molecule has 1 saturated heterocycles. The molecule has 0 aliphatic carbocycles. The van der Waals surface area contributed by atoms with E-state index in [1.807, 2.05) is 71.7 Å². The lowest BCUT2D eigenvalue weighted by Gasteiger charge is -2.32. The molecule has 29 heavy (non-hydrogen) atoms. The van der Waals surface area contributed by atoms with Crippen LogP contribution in [0.1, 0.15) is 24.2 Å². The first kappa shape index (κ1) is 20.0. The molecule has 0 unspecified atom stereocenters. The normalized spacial score (nSPS) is 15.6. The van der Waals surface area contributed by atoms with Crippen LogP contribution in [-0.2, 0) is 4.79 Å². The second kappa shape index (κ2) is 8.59. The van der Waals surface area contributed by atoms with E-state index < -0.39 is 6.04 Å². The SMILES string of the molecule is CC(C)[C@@H](NC(=O)c1ccc2nc(-n3cccc3)sc2c1)C(=O)N1CCSCC1. The van der Waals surface area contributed by atoms with Gasteiger partial charge in [-0.1, -0.05) is 25.2 Å². The summed E-state index contributed by atoms with van der Waals surface area (Å²) < 4.78 is 2.90. The molecule has 1 aromatic carbocycles. The van der Waals surface area contributed by atoms with Gasteiger partial charge in [-0.25, -0.2) is 4.98 Å². The first-order valence-corrected chi connectivity index (χ1v) is 11.7. The second-order valence-corrected chi connectivity index (χ2v) is 9.64. The number of aromatic nitrogens is 2. The summed E-state index contributed by atoms with van der Waals surface area (Å²) >= 11 is 3.40. The van der Waals surface area contributed by atoms with Crippen molar-refractivity contribution in [3.05, 3.63) is 48.3 Å². The first-order valence-electron chi connectivity index (χ1n) is 9.74. The molecular formula is C21H24N4O2S2. The van der Waals surface area contributed by atoms with E-state index in [-0.39, 0.29) is 17.7 Å². The van der Waals surface area contributed by atoms with Crippen molar-refractivity contribution in [1.29, 1.82) is 0 Å². The van der Waals surface area contributed by atoms with Gasteiger partial charge >= 0.3 is 0 Å². The maximum Gasteiger partial charge on any atom is 0.251 e. The van der Waals surface area contributed by atoms with Crippen LogP contribution in [0.5, 0.6) is 0 Å². The van der Waals surface area contributed by atoms with E-state index in [4.69, 9.17) is 0 Å². The fraction of sp³-hybridized carbons (Fsp3) is 0.381. The molecular weight excluding hydrogens is 404 g/mol.